The number of hydrogen-bond donors (Lipinski definition) is 4. The van der Waals surface area contributed by atoms with Gasteiger partial charge in [0.15, 0.2) is 11.6 Å². The standard InChI is InChI=1S/C36H53N5O5S/c1-26(2)21-32(34(43)24-29(15-9-10-16-37)36(45)41-17-19-47(39,46)20-18-41)40-35(44)30(22-27-11-5-3-6-12-27)25-33(42)31(38)23-28-13-7-4-8-14-28/h3-8,11-14,26,29-32,39H,9-10,15-25,37-38H2,1-2H3,(H,40,44)/t29-,30-,31+,32+/m0/s1. The topological polar surface area (TPSA) is 177 Å². The van der Waals surface area contributed by atoms with Crippen LogP contribution < -0.4 is 16.8 Å². The van der Waals surface area contributed by atoms with Gasteiger partial charge in [-0.05, 0) is 55.7 Å². The molecule has 2 aromatic rings. The minimum Gasteiger partial charge on any atom is -0.346 e. The van der Waals surface area contributed by atoms with Crippen molar-refractivity contribution >= 4 is 33.1 Å². The van der Waals surface area contributed by atoms with Crippen molar-refractivity contribution in [3.63, 3.8) is 0 Å². The van der Waals surface area contributed by atoms with E-state index >= 15 is 0 Å². The zero-order chi connectivity index (χ0) is 34.4. The van der Waals surface area contributed by atoms with Crippen LogP contribution in [-0.4, -0.2) is 75.7 Å². The molecule has 0 saturated carbocycles. The van der Waals surface area contributed by atoms with E-state index in [9.17, 15) is 23.4 Å². The van der Waals surface area contributed by atoms with Crippen molar-refractivity contribution in [2.75, 3.05) is 31.1 Å². The molecule has 1 saturated heterocycles. The molecule has 0 spiro atoms. The van der Waals surface area contributed by atoms with Gasteiger partial charge in [0, 0.05) is 59.0 Å². The Morgan fingerprint density at radius 3 is 1.96 bits per heavy atom. The first kappa shape index (κ1) is 38.0. The molecule has 6 N–H and O–H groups in total. The normalized spacial score (nSPS) is 17.0. The number of nitrogens with two attached hydrogens (primary N) is 2. The lowest BCUT2D eigenvalue weighted by atomic mass is 9.87. The number of ketones is 2. The number of rotatable bonds is 19. The fourth-order valence-electron chi connectivity index (χ4n) is 6.00. The SMILES string of the molecule is CC(C)C[C@@H](NC(=O)[C@H](CC(=O)[C@H](N)Cc1ccccc1)Cc1ccccc1)C(=O)C[C@H](CCCCN)C(=O)N1CCS(=N)(=O)CC1. The van der Waals surface area contributed by atoms with E-state index in [1.54, 1.807) is 4.90 Å². The second kappa shape index (κ2) is 18.8. The average molecular weight is 668 g/mol. The van der Waals surface area contributed by atoms with E-state index < -0.39 is 33.6 Å². The maximum absolute atomic E-state index is 13.9. The second-order valence-electron chi connectivity index (χ2n) is 13.2. The van der Waals surface area contributed by atoms with Gasteiger partial charge in [0.1, 0.15) is 0 Å². The monoisotopic (exact) mass is 667 g/mol. The van der Waals surface area contributed by atoms with Gasteiger partial charge in [-0.2, -0.15) is 0 Å². The van der Waals surface area contributed by atoms with Crippen molar-refractivity contribution in [3.05, 3.63) is 71.8 Å². The molecule has 2 amide bonds. The van der Waals surface area contributed by atoms with Gasteiger partial charge in [-0.1, -0.05) is 80.9 Å². The Morgan fingerprint density at radius 2 is 1.40 bits per heavy atom. The number of nitrogens with zero attached hydrogens (tertiary/aromatic N) is 1. The van der Waals surface area contributed by atoms with E-state index in [2.05, 4.69) is 5.32 Å². The van der Waals surface area contributed by atoms with Crippen LogP contribution in [0.3, 0.4) is 0 Å². The first-order chi connectivity index (χ1) is 22.4. The van der Waals surface area contributed by atoms with Crippen LogP contribution in [0, 0.1) is 22.5 Å². The summed E-state index contributed by atoms with van der Waals surface area (Å²) in [4.78, 5) is 56.3. The van der Waals surface area contributed by atoms with Crippen LogP contribution in [0.5, 0.6) is 0 Å². The molecule has 1 fully saturated rings. The lowest BCUT2D eigenvalue weighted by molar-refractivity contribution is -0.139. The van der Waals surface area contributed by atoms with E-state index in [4.69, 9.17) is 16.2 Å². The Balaban J connectivity index is 1.77. The first-order valence-electron chi connectivity index (χ1n) is 16.8. The van der Waals surface area contributed by atoms with Crippen LogP contribution >= 0.6 is 0 Å². The summed E-state index contributed by atoms with van der Waals surface area (Å²) in [5, 5.41) is 2.98. The van der Waals surface area contributed by atoms with Crippen molar-refractivity contribution in [1.29, 1.82) is 4.78 Å². The number of Topliss-reactive ketones (excluding diaryl/α,β-unsaturated/α-hetero) is 2. The predicted molar refractivity (Wildman–Crippen MR) is 186 cm³/mol. The van der Waals surface area contributed by atoms with Crippen molar-refractivity contribution in [2.24, 2.45) is 29.2 Å². The Kier molecular flexibility index (Phi) is 15.2. The Bertz CT molecular complexity index is 1400. The van der Waals surface area contributed by atoms with Gasteiger partial charge >= 0.3 is 0 Å². The van der Waals surface area contributed by atoms with Gasteiger partial charge < -0.3 is 21.7 Å². The van der Waals surface area contributed by atoms with Gasteiger partial charge in [-0.3, -0.25) is 24.0 Å². The van der Waals surface area contributed by atoms with Gasteiger partial charge in [0.05, 0.1) is 12.1 Å². The molecule has 47 heavy (non-hydrogen) atoms. The molecule has 258 valence electrons. The Labute approximate surface area is 280 Å². The van der Waals surface area contributed by atoms with Crippen molar-refractivity contribution in [3.8, 4) is 0 Å². The van der Waals surface area contributed by atoms with Crippen LogP contribution in [0.2, 0.25) is 0 Å². The molecule has 10 nitrogen and oxygen atoms in total. The third kappa shape index (κ3) is 13.0. The highest BCUT2D eigenvalue weighted by Gasteiger charge is 2.34. The molecular formula is C36H53N5O5S. The average Bonchev–Trinajstić information content (AvgIpc) is 3.04. The second-order valence-corrected chi connectivity index (χ2v) is 15.7. The molecule has 1 aliphatic heterocycles. The van der Waals surface area contributed by atoms with Crippen LogP contribution in [0.4, 0.5) is 0 Å². The van der Waals surface area contributed by atoms with Crippen LogP contribution in [0.15, 0.2) is 60.7 Å². The predicted octanol–water partition coefficient (Wildman–Crippen LogP) is 3.50. The molecule has 11 heteroatoms. The van der Waals surface area contributed by atoms with E-state index in [1.807, 2.05) is 74.5 Å². The molecule has 0 aliphatic carbocycles. The summed E-state index contributed by atoms with van der Waals surface area (Å²) in [6.07, 6.45) is 2.82. The number of unbranched alkanes of at least 4 members (excludes halogenated alkanes) is 1. The zero-order valence-corrected chi connectivity index (χ0v) is 28.7. The summed E-state index contributed by atoms with van der Waals surface area (Å²) in [7, 11) is -2.68. The Morgan fingerprint density at radius 1 is 0.851 bits per heavy atom. The number of hydrogen-bond acceptors (Lipinski definition) is 8. The van der Waals surface area contributed by atoms with Crippen LogP contribution in [0.1, 0.15) is 63.5 Å². The lowest BCUT2D eigenvalue weighted by Gasteiger charge is -2.32. The van der Waals surface area contributed by atoms with Crippen LogP contribution in [0.25, 0.3) is 0 Å². The molecule has 1 heterocycles. The minimum absolute atomic E-state index is 0.0436. The summed E-state index contributed by atoms with van der Waals surface area (Å²) in [5.74, 6) is -2.01. The lowest BCUT2D eigenvalue weighted by Crippen LogP contribution is -2.49. The van der Waals surface area contributed by atoms with E-state index in [0.717, 1.165) is 11.1 Å². The fraction of sp³-hybridized carbons (Fsp3) is 0.556. The smallest absolute Gasteiger partial charge is 0.226 e. The number of carbonyl (C=O) groups is 4. The number of nitrogens with one attached hydrogen (secondary N) is 2. The van der Waals surface area contributed by atoms with Crippen molar-refractivity contribution in [1.82, 2.24) is 10.2 Å². The molecule has 0 unspecified atom stereocenters. The summed E-state index contributed by atoms with van der Waals surface area (Å²) in [6.45, 7) is 4.88. The molecule has 2 aromatic carbocycles. The maximum atomic E-state index is 13.9. The molecule has 0 aromatic heterocycles. The molecule has 0 bridgehead atoms. The highest BCUT2D eigenvalue weighted by molar-refractivity contribution is 7.92. The highest BCUT2D eigenvalue weighted by atomic mass is 32.2. The minimum atomic E-state index is -2.68. The molecule has 3 rings (SSSR count). The quantitative estimate of drug-likeness (QED) is 0.166. The zero-order valence-electron chi connectivity index (χ0n) is 27.9. The summed E-state index contributed by atoms with van der Waals surface area (Å²) in [6, 6.07) is 17.4. The third-order valence-corrected chi connectivity index (χ3v) is 10.4. The fourth-order valence-corrected chi connectivity index (χ4v) is 7.24. The first-order valence-corrected chi connectivity index (χ1v) is 18.7. The van der Waals surface area contributed by atoms with Gasteiger partial charge in [-0.25, -0.2) is 4.21 Å². The number of amides is 2. The molecule has 1 aliphatic rings. The number of carbonyl (C=O) groups excluding carboxylic acids is 4. The largest absolute Gasteiger partial charge is 0.346 e. The molecular weight excluding hydrogens is 614 g/mol. The van der Waals surface area contributed by atoms with Gasteiger partial charge in [0.25, 0.3) is 0 Å². The summed E-state index contributed by atoms with van der Waals surface area (Å²) < 4.78 is 20.1. The van der Waals surface area contributed by atoms with E-state index in [-0.39, 0.29) is 66.7 Å². The van der Waals surface area contributed by atoms with Crippen molar-refractivity contribution in [2.45, 2.75) is 77.3 Å². The van der Waals surface area contributed by atoms with E-state index in [1.165, 1.54) is 0 Å². The van der Waals surface area contributed by atoms with E-state index in [0.29, 0.717) is 45.1 Å². The van der Waals surface area contributed by atoms with Crippen LogP contribution in [-0.2, 0) is 41.7 Å². The summed E-state index contributed by atoms with van der Waals surface area (Å²) >= 11 is 0. The van der Waals surface area contributed by atoms with Crippen molar-refractivity contribution < 1.29 is 23.4 Å². The molecule has 4 atom stereocenters. The van der Waals surface area contributed by atoms with Gasteiger partial charge in [0.2, 0.25) is 11.8 Å². The maximum Gasteiger partial charge on any atom is 0.226 e. The Hall–Kier alpha value is -3.41. The third-order valence-electron chi connectivity index (χ3n) is 8.76. The van der Waals surface area contributed by atoms with Gasteiger partial charge in [-0.15, -0.1) is 0 Å². The summed E-state index contributed by atoms with van der Waals surface area (Å²) in [5.41, 5.74) is 13.8. The highest BCUT2D eigenvalue weighted by Crippen LogP contribution is 2.22. The number of benzene rings is 2. The molecule has 0 radical (unpaired) electrons.